The van der Waals surface area contributed by atoms with E-state index in [1.807, 2.05) is 5.38 Å². The SMILES string of the molecule is CCCCCCCCNCc1csnn1. The number of rotatable bonds is 9. The fourth-order valence-corrected chi connectivity index (χ4v) is 1.96. The first-order valence-corrected chi connectivity index (χ1v) is 6.73. The van der Waals surface area contributed by atoms with Gasteiger partial charge in [0.05, 0.1) is 5.69 Å². The standard InChI is InChI=1S/C11H21N3S/c1-2-3-4-5-6-7-8-12-9-11-10-15-14-13-11/h10,12H,2-9H2,1H3. The van der Waals surface area contributed by atoms with Gasteiger partial charge in [-0.15, -0.1) is 5.10 Å². The highest BCUT2D eigenvalue weighted by atomic mass is 32.1. The first-order valence-electron chi connectivity index (χ1n) is 5.90. The second-order valence-corrected chi connectivity index (χ2v) is 4.45. The van der Waals surface area contributed by atoms with Crippen LogP contribution in [-0.2, 0) is 6.54 Å². The summed E-state index contributed by atoms with van der Waals surface area (Å²) in [5.41, 5.74) is 1.06. The summed E-state index contributed by atoms with van der Waals surface area (Å²) in [7, 11) is 0. The van der Waals surface area contributed by atoms with Crippen LogP contribution < -0.4 is 5.32 Å². The lowest BCUT2D eigenvalue weighted by Gasteiger charge is -2.02. The summed E-state index contributed by atoms with van der Waals surface area (Å²) < 4.78 is 3.82. The maximum absolute atomic E-state index is 3.98. The summed E-state index contributed by atoms with van der Waals surface area (Å²) in [4.78, 5) is 0. The maximum atomic E-state index is 3.98. The van der Waals surface area contributed by atoms with Gasteiger partial charge in [0.15, 0.2) is 0 Å². The third-order valence-corrected chi connectivity index (χ3v) is 2.97. The smallest absolute Gasteiger partial charge is 0.0893 e. The molecule has 0 fully saturated rings. The Kier molecular flexibility index (Phi) is 7.38. The zero-order valence-corrected chi connectivity index (χ0v) is 10.4. The Morgan fingerprint density at radius 2 is 2.00 bits per heavy atom. The molecule has 0 atom stereocenters. The van der Waals surface area contributed by atoms with Crippen molar-refractivity contribution in [2.75, 3.05) is 6.54 Å². The van der Waals surface area contributed by atoms with Gasteiger partial charge in [-0.1, -0.05) is 43.5 Å². The number of hydrogen-bond donors (Lipinski definition) is 1. The van der Waals surface area contributed by atoms with Gasteiger partial charge in [-0.3, -0.25) is 0 Å². The third-order valence-electron chi connectivity index (χ3n) is 2.42. The Hall–Kier alpha value is -0.480. The van der Waals surface area contributed by atoms with E-state index in [1.54, 1.807) is 0 Å². The van der Waals surface area contributed by atoms with Gasteiger partial charge in [-0.25, -0.2) is 0 Å². The highest BCUT2D eigenvalue weighted by Gasteiger charge is 1.94. The van der Waals surface area contributed by atoms with E-state index in [0.717, 1.165) is 18.8 Å². The zero-order chi connectivity index (χ0) is 10.8. The molecule has 0 saturated heterocycles. The molecular weight excluding hydrogens is 206 g/mol. The number of unbranched alkanes of at least 4 members (excludes halogenated alkanes) is 5. The summed E-state index contributed by atoms with van der Waals surface area (Å²) in [6.45, 7) is 4.22. The van der Waals surface area contributed by atoms with Crippen LogP contribution in [0.5, 0.6) is 0 Å². The van der Waals surface area contributed by atoms with Crippen molar-refractivity contribution in [3.63, 3.8) is 0 Å². The molecule has 0 bridgehead atoms. The molecule has 0 spiro atoms. The number of aromatic nitrogens is 2. The minimum absolute atomic E-state index is 0.867. The van der Waals surface area contributed by atoms with E-state index in [9.17, 15) is 0 Å². The molecular formula is C11H21N3S. The van der Waals surface area contributed by atoms with Crippen molar-refractivity contribution >= 4 is 11.5 Å². The van der Waals surface area contributed by atoms with Gasteiger partial charge in [0.25, 0.3) is 0 Å². The fourth-order valence-electron chi connectivity index (χ4n) is 1.51. The van der Waals surface area contributed by atoms with Crippen LogP contribution in [-0.4, -0.2) is 16.1 Å². The number of nitrogens with one attached hydrogen (secondary N) is 1. The van der Waals surface area contributed by atoms with E-state index in [-0.39, 0.29) is 0 Å². The minimum Gasteiger partial charge on any atom is -0.311 e. The Morgan fingerprint density at radius 3 is 2.73 bits per heavy atom. The summed E-state index contributed by atoms with van der Waals surface area (Å²) in [5, 5.41) is 9.36. The maximum Gasteiger partial charge on any atom is 0.0893 e. The van der Waals surface area contributed by atoms with Crippen LogP contribution in [0.2, 0.25) is 0 Å². The highest BCUT2D eigenvalue weighted by Crippen LogP contribution is 2.04. The molecule has 0 radical (unpaired) electrons. The van der Waals surface area contributed by atoms with E-state index in [0.29, 0.717) is 0 Å². The Bertz CT molecular complexity index is 224. The molecule has 0 aromatic carbocycles. The van der Waals surface area contributed by atoms with Gasteiger partial charge in [-0.2, -0.15) is 0 Å². The molecule has 86 valence electrons. The molecule has 0 aliphatic rings. The van der Waals surface area contributed by atoms with Gasteiger partial charge in [0.2, 0.25) is 0 Å². The molecule has 1 N–H and O–H groups in total. The molecule has 0 unspecified atom stereocenters. The Labute approximate surface area is 96.5 Å². The largest absolute Gasteiger partial charge is 0.311 e. The van der Waals surface area contributed by atoms with Crippen molar-refractivity contribution in [1.29, 1.82) is 0 Å². The molecule has 1 rings (SSSR count). The lowest BCUT2D eigenvalue weighted by Crippen LogP contribution is -2.14. The van der Waals surface area contributed by atoms with E-state index in [4.69, 9.17) is 0 Å². The van der Waals surface area contributed by atoms with Crippen LogP contribution in [0.1, 0.15) is 51.1 Å². The summed E-state index contributed by atoms with van der Waals surface area (Å²) in [6.07, 6.45) is 8.12. The normalized spacial score (nSPS) is 10.7. The second kappa shape index (κ2) is 8.80. The topological polar surface area (TPSA) is 37.8 Å². The lowest BCUT2D eigenvalue weighted by atomic mass is 10.1. The van der Waals surface area contributed by atoms with Gasteiger partial charge in [0.1, 0.15) is 0 Å². The van der Waals surface area contributed by atoms with Crippen LogP contribution in [0.15, 0.2) is 5.38 Å². The fraction of sp³-hybridized carbons (Fsp3) is 0.818. The predicted molar refractivity (Wildman–Crippen MR) is 65.0 cm³/mol. The van der Waals surface area contributed by atoms with Crippen molar-refractivity contribution in [3.05, 3.63) is 11.1 Å². The molecule has 1 heterocycles. The quantitative estimate of drug-likeness (QED) is 0.659. The zero-order valence-electron chi connectivity index (χ0n) is 9.54. The van der Waals surface area contributed by atoms with Crippen LogP contribution >= 0.6 is 11.5 Å². The molecule has 4 heteroatoms. The van der Waals surface area contributed by atoms with Crippen molar-refractivity contribution in [1.82, 2.24) is 14.9 Å². The Balaban J connectivity index is 1.81. The van der Waals surface area contributed by atoms with E-state index in [2.05, 4.69) is 21.8 Å². The average Bonchev–Trinajstić information content (AvgIpc) is 2.75. The number of nitrogens with zero attached hydrogens (tertiary/aromatic N) is 2. The predicted octanol–water partition coefficient (Wildman–Crippen LogP) is 2.99. The molecule has 15 heavy (non-hydrogen) atoms. The minimum atomic E-state index is 0.867. The van der Waals surface area contributed by atoms with E-state index in [1.165, 1.54) is 50.1 Å². The van der Waals surface area contributed by atoms with Crippen LogP contribution in [0.4, 0.5) is 0 Å². The van der Waals surface area contributed by atoms with Crippen molar-refractivity contribution in [3.8, 4) is 0 Å². The molecule has 1 aromatic heterocycles. The first kappa shape index (κ1) is 12.6. The summed E-state index contributed by atoms with van der Waals surface area (Å²) in [6, 6.07) is 0. The van der Waals surface area contributed by atoms with Gasteiger partial charge in [-0.05, 0) is 24.5 Å². The van der Waals surface area contributed by atoms with E-state index >= 15 is 0 Å². The number of hydrogen-bond acceptors (Lipinski definition) is 4. The van der Waals surface area contributed by atoms with Crippen molar-refractivity contribution in [2.24, 2.45) is 0 Å². The molecule has 0 aliphatic carbocycles. The first-order chi connectivity index (χ1) is 7.43. The van der Waals surface area contributed by atoms with Gasteiger partial charge < -0.3 is 5.32 Å². The van der Waals surface area contributed by atoms with Crippen LogP contribution in [0, 0.1) is 0 Å². The average molecular weight is 227 g/mol. The van der Waals surface area contributed by atoms with Crippen molar-refractivity contribution in [2.45, 2.75) is 52.0 Å². The molecule has 1 aromatic rings. The second-order valence-electron chi connectivity index (χ2n) is 3.84. The Morgan fingerprint density at radius 1 is 1.20 bits per heavy atom. The molecule has 0 aliphatic heterocycles. The lowest BCUT2D eigenvalue weighted by molar-refractivity contribution is 0.569. The van der Waals surface area contributed by atoms with Gasteiger partial charge >= 0.3 is 0 Å². The van der Waals surface area contributed by atoms with Crippen molar-refractivity contribution < 1.29 is 0 Å². The molecule has 0 saturated carbocycles. The summed E-state index contributed by atoms with van der Waals surface area (Å²) in [5.74, 6) is 0. The summed E-state index contributed by atoms with van der Waals surface area (Å²) >= 11 is 1.42. The third kappa shape index (κ3) is 6.57. The van der Waals surface area contributed by atoms with Crippen LogP contribution in [0.3, 0.4) is 0 Å². The van der Waals surface area contributed by atoms with E-state index < -0.39 is 0 Å². The monoisotopic (exact) mass is 227 g/mol. The molecule has 0 amide bonds. The molecule has 3 nitrogen and oxygen atoms in total. The van der Waals surface area contributed by atoms with Gasteiger partial charge in [0, 0.05) is 11.9 Å². The van der Waals surface area contributed by atoms with Crippen LogP contribution in [0.25, 0.3) is 0 Å². The highest BCUT2D eigenvalue weighted by molar-refractivity contribution is 7.03.